The summed E-state index contributed by atoms with van der Waals surface area (Å²) >= 11 is 0. The van der Waals surface area contributed by atoms with Gasteiger partial charge in [0, 0.05) is 27.2 Å². The fraction of sp³-hybridized carbons (Fsp3) is 0.526. The number of benzene rings is 1. The van der Waals surface area contributed by atoms with Gasteiger partial charge in [-0.15, -0.1) is 34.2 Å². The molecule has 0 unspecified atom stereocenters. The Morgan fingerprint density at radius 3 is 2.78 bits per heavy atom. The Morgan fingerprint density at radius 2 is 2.11 bits per heavy atom. The molecule has 0 spiro atoms. The molecule has 1 N–H and O–H groups in total. The summed E-state index contributed by atoms with van der Waals surface area (Å²) in [5.74, 6) is 3.67. The molecular formula is C19H29IN6O. The van der Waals surface area contributed by atoms with E-state index in [1.54, 1.807) is 0 Å². The van der Waals surface area contributed by atoms with Crippen LogP contribution in [0.4, 0.5) is 0 Å². The third-order valence-electron chi connectivity index (χ3n) is 4.76. The van der Waals surface area contributed by atoms with E-state index < -0.39 is 0 Å². The Kier molecular flexibility index (Phi) is 7.88. The quantitative estimate of drug-likeness (QED) is 0.402. The van der Waals surface area contributed by atoms with Gasteiger partial charge >= 0.3 is 0 Å². The van der Waals surface area contributed by atoms with Crippen molar-refractivity contribution in [1.82, 2.24) is 25.0 Å². The number of fused-ring (bicyclic) bond motifs is 1. The second-order valence-corrected chi connectivity index (χ2v) is 6.57. The summed E-state index contributed by atoms with van der Waals surface area (Å²) in [5, 5.41) is 11.7. The van der Waals surface area contributed by atoms with Crippen LogP contribution in [0.25, 0.3) is 0 Å². The number of aromatic nitrogens is 3. The molecule has 27 heavy (non-hydrogen) atoms. The van der Waals surface area contributed by atoms with Crippen molar-refractivity contribution >= 4 is 29.9 Å². The van der Waals surface area contributed by atoms with Crippen molar-refractivity contribution in [1.29, 1.82) is 0 Å². The van der Waals surface area contributed by atoms with E-state index in [-0.39, 0.29) is 24.0 Å². The Balaban J connectivity index is 0.00000261. The molecule has 0 fully saturated rings. The standard InChI is InChI=1S/C19H28N6O.HI/c1-5-10-26-17-7-6-16-13-25(9-8-15(16)11-17)19(20-3)21-12-18-23-22-14(2)24(18)4;/h6-7,11H,5,8-10,12-13H2,1-4H3,(H,20,21);1H. The first-order chi connectivity index (χ1) is 12.6. The van der Waals surface area contributed by atoms with Crippen molar-refractivity contribution in [2.45, 2.75) is 39.8 Å². The second-order valence-electron chi connectivity index (χ2n) is 6.57. The predicted molar refractivity (Wildman–Crippen MR) is 118 cm³/mol. The van der Waals surface area contributed by atoms with E-state index in [2.05, 4.69) is 50.5 Å². The van der Waals surface area contributed by atoms with Gasteiger partial charge in [0.2, 0.25) is 0 Å². The minimum absolute atomic E-state index is 0. The zero-order chi connectivity index (χ0) is 18.5. The van der Waals surface area contributed by atoms with Crippen molar-refractivity contribution < 1.29 is 4.74 Å². The maximum Gasteiger partial charge on any atom is 0.194 e. The molecule has 0 atom stereocenters. The molecule has 0 saturated heterocycles. The lowest BCUT2D eigenvalue weighted by Gasteiger charge is -2.31. The topological polar surface area (TPSA) is 67.6 Å². The Labute approximate surface area is 178 Å². The van der Waals surface area contributed by atoms with E-state index in [1.165, 1.54) is 11.1 Å². The number of nitrogens with zero attached hydrogens (tertiary/aromatic N) is 5. The van der Waals surface area contributed by atoms with Crippen LogP contribution in [-0.4, -0.2) is 45.8 Å². The first-order valence-corrected chi connectivity index (χ1v) is 9.17. The van der Waals surface area contributed by atoms with Gasteiger partial charge < -0.3 is 19.5 Å². The third kappa shape index (κ3) is 5.12. The number of ether oxygens (including phenoxy) is 1. The summed E-state index contributed by atoms with van der Waals surface area (Å²) in [6.45, 7) is 7.23. The molecular weight excluding hydrogens is 455 g/mol. The van der Waals surface area contributed by atoms with Gasteiger partial charge in [-0.25, -0.2) is 0 Å². The summed E-state index contributed by atoms with van der Waals surface area (Å²) in [7, 11) is 3.80. The van der Waals surface area contributed by atoms with Gasteiger partial charge in [-0.05, 0) is 43.0 Å². The molecule has 2 aromatic rings. The molecule has 1 aliphatic rings. The fourth-order valence-electron chi connectivity index (χ4n) is 3.12. The first kappa shape index (κ1) is 21.5. The molecule has 1 aromatic carbocycles. The van der Waals surface area contributed by atoms with Gasteiger partial charge in [0.15, 0.2) is 11.8 Å². The Morgan fingerprint density at radius 1 is 1.30 bits per heavy atom. The van der Waals surface area contributed by atoms with Crippen LogP contribution >= 0.6 is 24.0 Å². The normalized spacial score (nSPS) is 13.8. The smallest absolute Gasteiger partial charge is 0.194 e. The average molecular weight is 484 g/mol. The van der Waals surface area contributed by atoms with Crippen molar-refractivity contribution in [3.63, 3.8) is 0 Å². The lowest BCUT2D eigenvalue weighted by Crippen LogP contribution is -2.44. The van der Waals surface area contributed by atoms with Gasteiger partial charge in [0.25, 0.3) is 0 Å². The van der Waals surface area contributed by atoms with E-state index in [0.717, 1.165) is 55.9 Å². The highest BCUT2D eigenvalue weighted by Crippen LogP contribution is 2.24. The van der Waals surface area contributed by atoms with Crippen LogP contribution in [0.15, 0.2) is 23.2 Å². The summed E-state index contributed by atoms with van der Waals surface area (Å²) in [6, 6.07) is 6.42. The van der Waals surface area contributed by atoms with Gasteiger partial charge in [-0.2, -0.15) is 0 Å². The highest BCUT2D eigenvalue weighted by Gasteiger charge is 2.20. The van der Waals surface area contributed by atoms with E-state index in [0.29, 0.717) is 6.54 Å². The van der Waals surface area contributed by atoms with Crippen LogP contribution in [0.1, 0.15) is 36.1 Å². The molecule has 0 aliphatic carbocycles. The second kappa shape index (κ2) is 9.91. The minimum Gasteiger partial charge on any atom is -0.494 e. The van der Waals surface area contributed by atoms with Crippen LogP contribution in [0, 0.1) is 6.92 Å². The highest BCUT2D eigenvalue weighted by atomic mass is 127. The summed E-state index contributed by atoms with van der Waals surface area (Å²) in [6.07, 6.45) is 2.01. The number of guanidine groups is 1. The molecule has 148 valence electrons. The van der Waals surface area contributed by atoms with Crippen molar-refractivity contribution in [2.75, 3.05) is 20.2 Å². The van der Waals surface area contributed by atoms with E-state index in [1.807, 2.05) is 25.6 Å². The van der Waals surface area contributed by atoms with Crippen molar-refractivity contribution in [3.8, 4) is 5.75 Å². The van der Waals surface area contributed by atoms with Crippen LogP contribution in [0.3, 0.4) is 0 Å². The fourth-order valence-corrected chi connectivity index (χ4v) is 3.12. The number of halogens is 1. The Hall–Kier alpha value is -1.84. The number of aryl methyl sites for hydroxylation is 1. The largest absolute Gasteiger partial charge is 0.494 e. The summed E-state index contributed by atoms with van der Waals surface area (Å²) in [5.41, 5.74) is 2.70. The van der Waals surface area contributed by atoms with Gasteiger partial charge in [0.05, 0.1) is 13.2 Å². The number of aliphatic imine (C=N–C) groups is 1. The predicted octanol–water partition coefficient (Wildman–Crippen LogP) is 2.66. The molecule has 0 amide bonds. The van der Waals surface area contributed by atoms with Gasteiger partial charge in [0.1, 0.15) is 11.6 Å². The lowest BCUT2D eigenvalue weighted by atomic mass is 9.99. The van der Waals surface area contributed by atoms with E-state index in [9.17, 15) is 0 Å². The first-order valence-electron chi connectivity index (χ1n) is 9.17. The van der Waals surface area contributed by atoms with Crippen molar-refractivity contribution in [2.24, 2.45) is 12.0 Å². The van der Waals surface area contributed by atoms with Crippen LogP contribution < -0.4 is 10.1 Å². The maximum atomic E-state index is 5.75. The third-order valence-corrected chi connectivity index (χ3v) is 4.76. The number of hydrogen-bond donors (Lipinski definition) is 1. The SMILES string of the molecule is CCCOc1ccc2c(c1)CCN(C(=NC)NCc1nnc(C)n1C)C2.I. The van der Waals surface area contributed by atoms with Gasteiger partial charge in [-0.3, -0.25) is 4.99 Å². The van der Waals surface area contributed by atoms with E-state index in [4.69, 9.17) is 4.74 Å². The van der Waals surface area contributed by atoms with Crippen LogP contribution in [0.5, 0.6) is 5.75 Å². The highest BCUT2D eigenvalue weighted by molar-refractivity contribution is 14.0. The Bertz CT molecular complexity index is 789. The average Bonchev–Trinajstić information content (AvgIpc) is 2.98. The molecule has 7 nitrogen and oxygen atoms in total. The number of hydrogen-bond acceptors (Lipinski definition) is 4. The lowest BCUT2D eigenvalue weighted by molar-refractivity contribution is 0.315. The molecule has 1 aliphatic heterocycles. The molecule has 0 bridgehead atoms. The molecule has 3 rings (SSSR count). The minimum atomic E-state index is 0. The molecule has 8 heteroatoms. The van der Waals surface area contributed by atoms with Crippen molar-refractivity contribution in [3.05, 3.63) is 41.0 Å². The van der Waals surface area contributed by atoms with Crippen LogP contribution in [-0.2, 0) is 26.6 Å². The molecule has 0 radical (unpaired) electrons. The van der Waals surface area contributed by atoms with E-state index >= 15 is 0 Å². The molecule has 1 aromatic heterocycles. The molecule has 2 heterocycles. The number of rotatable bonds is 5. The van der Waals surface area contributed by atoms with Gasteiger partial charge in [-0.1, -0.05) is 13.0 Å². The zero-order valence-corrected chi connectivity index (χ0v) is 18.9. The molecule has 0 saturated carbocycles. The zero-order valence-electron chi connectivity index (χ0n) is 16.5. The number of nitrogens with one attached hydrogen (secondary N) is 1. The monoisotopic (exact) mass is 484 g/mol. The maximum absolute atomic E-state index is 5.75. The van der Waals surface area contributed by atoms with Crippen LogP contribution in [0.2, 0.25) is 0 Å². The summed E-state index contributed by atoms with van der Waals surface area (Å²) < 4.78 is 7.74. The summed E-state index contributed by atoms with van der Waals surface area (Å²) in [4.78, 5) is 6.72.